The van der Waals surface area contributed by atoms with Crippen molar-refractivity contribution in [3.8, 4) is 23.0 Å². The minimum absolute atomic E-state index is 0.205. The zero-order valence-corrected chi connectivity index (χ0v) is 23.5. The molecule has 0 aliphatic rings. The van der Waals surface area contributed by atoms with Crippen LogP contribution in [-0.4, -0.2) is 45.0 Å². The van der Waals surface area contributed by atoms with Crippen LogP contribution in [0, 0.1) is 6.92 Å². The number of ether oxygens (including phenoxy) is 4. The van der Waals surface area contributed by atoms with Crippen molar-refractivity contribution in [3.05, 3.63) is 75.3 Å². The fourth-order valence-corrected chi connectivity index (χ4v) is 3.84. The van der Waals surface area contributed by atoms with Gasteiger partial charge in [0.15, 0.2) is 29.6 Å². The number of methoxy groups -OCH3 is 1. The predicted molar refractivity (Wildman–Crippen MR) is 152 cm³/mol. The van der Waals surface area contributed by atoms with Crippen molar-refractivity contribution in [3.63, 3.8) is 0 Å². The maximum absolute atomic E-state index is 12.6. The summed E-state index contributed by atoms with van der Waals surface area (Å²) in [6.07, 6.45) is 1.41. The number of hydrazone groups is 1. The van der Waals surface area contributed by atoms with Crippen LogP contribution >= 0.6 is 23.2 Å². The first-order chi connectivity index (χ1) is 18.7. The predicted octanol–water partition coefficient (Wildman–Crippen LogP) is 5.89. The molecule has 0 unspecified atom stereocenters. The number of nitrogens with one attached hydrogen (secondary N) is 2. The smallest absolute Gasteiger partial charge is 0.271 e. The van der Waals surface area contributed by atoms with E-state index in [0.717, 1.165) is 5.56 Å². The number of hydrogen-bond acceptors (Lipinski definition) is 7. The summed E-state index contributed by atoms with van der Waals surface area (Å²) in [7, 11) is 1.52. The Hall–Kier alpha value is -3.95. The molecule has 3 aromatic rings. The number of benzene rings is 3. The van der Waals surface area contributed by atoms with Gasteiger partial charge in [-0.2, -0.15) is 5.10 Å². The second-order valence-electron chi connectivity index (χ2n) is 8.06. The summed E-state index contributed by atoms with van der Waals surface area (Å²) >= 11 is 12.6. The number of rotatable bonds is 12. The molecule has 0 aliphatic heterocycles. The number of anilines is 1. The van der Waals surface area contributed by atoms with E-state index in [4.69, 9.17) is 42.1 Å². The summed E-state index contributed by atoms with van der Waals surface area (Å²) in [6, 6.07) is 13.3. The summed E-state index contributed by atoms with van der Waals surface area (Å²) in [5, 5.41) is 7.49. The second kappa shape index (κ2) is 14.3. The highest BCUT2D eigenvalue weighted by Gasteiger charge is 2.15. The van der Waals surface area contributed by atoms with E-state index in [1.807, 2.05) is 13.8 Å². The Morgan fingerprint density at radius 3 is 2.33 bits per heavy atom. The van der Waals surface area contributed by atoms with Gasteiger partial charge in [-0.15, -0.1) is 0 Å². The van der Waals surface area contributed by atoms with Crippen LogP contribution in [0.4, 0.5) is 5.69 Å². The van der Waals surface area contributed by atoms with Crippen molar-refractivity contribution in [2.45, 2.75) is 20.8 Å². The standard InChI is InChI=1S/C28H29Cl2N3O6/c1-5-37-24-13-19(8-10-23(24)36-4)28(35)33-31-15-18-11-22(30)27(25(12-18)38-6-2)39-16-26(34)32-20-9-7-17(3)21(29)14-20/h7-15H,5-6,16H2,1-4H3,(H,32,34)(H,33,35)/b31-15+. The molecule has 0 atom stereocenters. The van der Waals surface area contributed by atoms with Crippen LogP contribution in [0.25, 0.3) is 0 Å². The maximum atomic E-state index is 12.6. The topological polar surface area (TPSA) is 107 Å². The number of nitrogens with zero attached hydrogens (tertiary/aromatic N) is 1. The first kappa shape index (κ1) is 29.6. The van der Waals surface area contributed by atoms with E-state index < -0.39 is 11.8 Å². The van der Waals surface area contributed by atoms with E-state index in [1.165, 1.54) is 13.3 Å². The van der Waals surface area contributed by atoms with Crippen molar-refractivity contribution in [2.24, 2.45) is 5.10 Å². The monoisotopic (exact) mass is 573 g/mol. The molecule has 3 rings (SSSR count). The molecule has 9 nitrogen and oxygen atoms in total. The summed E-state index contributed by atoms with van der Waals surface area (Å²) in [4.78, 5) is 25.0. The molecule has 0 fully saturated rings. The molecule has 0 saturated heterocycles. The van der Waals surface area contributed by atoms with Gasteiger partial charge in [-0.25, -0.2) is 5.43 Å². The van der Waals surface area contributed by atoms with E-state index in [1.54, 1.807) is 55.5 Å². The minimum atomic E-state index is -0.438. The van der Waals surface area contributed by atoms with E-state index in [9.17, 15) is 9.59 Å². The Balaban J connectivity index is 1.67. The van der Waals surface area contributed by atoms with Gasteiger partial charge >= 0.3 is 0 Å². The molecule has 0 saturated carbocycles. The van der Waals surface area contributed by atoms with Gasteiger partial charge in [-0.1, -0.05) is 29.3 Å². The average molecular weight is 574 g/mol. The van der Waals surface area contributed by atoms with Gasteiger partial charge in [0.1, 0.15) is 0 Å². The van der Waals surface area contributed by atoms with Crippen molar-refractivity contribution < 1.29 is 28.5 Å². The number of hydrogen-bond donors (Lipinski definition) is 2. The molecule has 11 heteroatoms. The second-order valence-corrected chi connectivity index (χ2v) is 8.88. The van der Waals surface area contributed by atoms with Gasteiger partial charge in [0.25, 0.3) is 11.8 Å². The van der Waals surface area contributed by atoms with Crippen LogP contribution in [0.1, 0.15) is 35.3 Å². The molecule has 0 aliphatic carbocycles. The largest absolute Gasteiger partial charge is 0.493 e. The molecule has 206 valence electrons. The highest BCUT2D eigenvalue weighted by molar-refractivity contribution is 6.32. The molecule has 0 spiro atoms. The molecule has 0 radical (unpaired) electrons. The molecule has 39 heavy (non-hydrogen) atoms. The highest BCUT2D eigenvalue weighted by atomic mass is 35.5. The number of aryl methyl sites for hydroxylation is 1. The zero-order chi connectivity index (χ0) is 28.4. The van der Waals surface area contributed by atoms with Crippen LogP contribution in [0.5, 0.6) is 23.0 Å². The number of halogens is 2. The van der Waals surface area contributed by atoms with Gasteiger partial charge in [-0.3, -0.25) is 9.59 Å². The Morgan fingerprint density at radius 1 is 0.897 bits per heavy atom. The van der Waals surface area contributed by atoms with Crippen molar-refractivity contribution in [1.29, 1.82) is 0 Å². The van der Waals surface area contributed by atoms with Gasteiger partial charge < -0.3 is 24.3 Å². The van der Waals surface area contributed by atoms with Crippen LogP contribution in [0.15, 0.2) is 53.6 Å². The van der Waals surface area contributed by atoms with Gasteiger partial charge in [0.05, 0.1) is 31.6 Å². The lowest BCUT2D eigenvalue weighted by Gasteiger charge is -2.14. The Bertz CT molecular complexity index is 1360. The lowest BCUT2D eigenvalue weighted by Crippen LogP contribution is -2.20. The average Bonchev–Trinajstić information content (AvgIpc) is 2.90. The van der Waals surface area contributed by atoms with E-state index in [2.05, 4.69) is 15.8 Å². The summed E-state index contributed by atoms with van der Waals surface area (Å²) in [5.74, 6) is 0.671. The van der Waals surface area contributed by atoms with Gasteiger partial charge in [0, 0.05) is 16.3 Å². The zero-order valence-electron chi connectivity index (χ0n) is 22.0. The summed E-state index contributed by atoms with van der Waals surface area (Å²) in [5.41, 5.74) is 4.81. The van der Waals surface area contributed by atoms with E-state index >= 15 is 0 Å². The number of carbonyl (C=O) groups is 2. The van der Waals surface area contributed by atoms with Gasteiger partial charge in [0.2, 0.25) is 0 Å². The SMILES string of the molecule is CCOc1cc(C(=O)N/N=C/c2cc(Cl)c(OCC(=O)Nc3ccc(C)c(Cl)c3)c(OCC)c2)ccc1OC. The van der Waals surface area contributed by atoms with Gasteiger partial charge in [-0.05, 0) is 74.4 Å². The Morgan fingerprint density at radius 2 is 1.64 bits per heavy atom. The van der Waals surface area contributed by atoms with E-state index in [-0.39, 0.29) is 17.4 Å². The molecule has 0 heterocycles. The van der Waals surface area contributed by atoms with Crippen LogP contribution in [0.2, 0.25) is 10.0 Å². The fraction of sp³-hybridized carbons (Fsp3) is 0.250. The molecule has 2 amide bonds. The van der Waals surface area contributed by atoms with Crippen molar-refractivity contribution in [1.82, 2.24) is 5.43 Å². The van der Waals surface area contributed by atoms with Crippen LogP contribution in [-0.2, 0) is 4.79 Å². The van der Waals surface area contributed by atoms with Crippen LogP contribution in [0.3, 0.4) is 0 Å². The highest BCUT2D eigenvalue weighted by Crippen LogP contribution is 2.36. The molecule has 3 aromatic carbocycles. The van der Waals surface area contributed by atoms with Crippen molar-refractivity contribution in [2.75, 3.05) is 32.2 Å². The molecule has 0 aromatic heterocycles. The molecule has 0 bridgehead atoms. The van der Waals surface area contributed by atoms with Crippen LogP contribution < -0.4 is 29.7 Å². The third-order valence-corrected chi connectivity index (χ3v) is 5.93. The quantitative estimate of drug-likeness (QED) is 0.206. The lowest BCUT2D eigenvalue weighted by molar-refractivity contribution is -0.118. The molecular formula is C28H29Cl2N3O6. The lowest BCUT2D eigenvalue weighted by atomic mass is 10.2. The minimum Gasteiger partial charge on any atom is -0.493 e. The molecular weight excluding hydrogens is 545 g/mol. The third-order valence-electron chi connectivity index (χ3n) is 5.24. The Labute approximate surface area is 237 Å². The first-order valence-corrected chi connectivity index (χ1v) is 12.8. The van der Waals surface area contributed by atoms with Crippen molar-refractivity contribution >= 4 is 46.9 Å². The Kier molecular flexibility index (Phi) is 10.8. The maximum Gasteiger partial charge on any atom is 0.271 e. The normalized spacial score (nSPS) is 10.7. The number of amides is 2. The fourth-order valence-electron chi connectivity index (χ4n) is 3.39. The van der Waals surface area contributed by atoms with E-state index in [0.29, 0.717) is 52.3 Å². The summed E-state index contributed by atoms with van der Waals surface area (Å²) < 4.78 is 22.1. The first-order valence-electron chi connectivity index (χ1n) is 12.0. The molecule has 2 N–H and O–H groups in total. The third kappa shape index (κ3) is 8.27. The summed E-state index contributed by atoms with van der Waals surface area (Å²) in [6.45, 7) is 5.96. The number of carbonyl (C=O) groups excluding carboxylic acids is 2.